The Kier molecular flexibility index (Phi) is 3.07. The van der Waals surface area contributed by atoms with Crippen molar-refractivity contribution in [2.75, 3.05) is 18.1 Å². The molecule has 1 aliphatic rings. The van der Waals surface area contributed by atoms with Gasteiger partial charge in [-0.25, -0.2) is 4.39 Å². The van der Waals surface area contributed by atoms with Gasteiger partial charge in [0.05, 0.1) is 25.0 Å². The van der Waals surface area contributed by atoms with E-state index in [-0.39, 0.29) is 5.82 Å². The quantitative estimate of drug-likeness (QED) is 0.741. The molecule has 2 aromatic heterocycles. The predicted molar refractivity (Wildman–Crippen MR) is 77.2 cm³/mol. The summed E-state index contributed by atoms with van der Waals surface area (Å²) in [6, 6.07) is 10.0. The molecule has 0 fully saturated rings. The molecular weight excluding hydrogens is 287 g/mol. The van der Waals surface area contributed by atoms with Gasteiger partial charge in [-0.3, -0.25) is 0 Å². The second-order valence-electron chi connectivity index (χ2n) is 5.04. The minimum absolute atomic E-state index is 0.304. The van der Waals surface area contributed by atoms with Crippen LogP contribution in [-0.2, 0) is 6.54 Å². The molecule has 0 saturated heterocycles. The summed E-state index contributed by atoms with van der Waals surface area (Å²) in [5.41, 5.74) is 1.64. The molecule has 0 unspecified atom stereocenters. The van der Waals surface area contributed by atoms with Crippen LogP contribution in [0.3, 0.4) is 0 Å². The van der Waals surface area contributed by atoms with Crippen LogP contribution in [-0.4, -0.2) is 18.3 Å². The summed E-state index contributed by atoms with van der Waals surface area (Å²) >= 11 is 0. The Morgan fingerprint density at radius 2 is 2.14 bits per heavy atom. The zero-order valence-corrected chi connectivity index (χ0v) is 11.7. The number of aromatic nitrogens is 1. The van der Waals surface area contributed by atoms with Crippen molar-refractivity contribution in [3.05, 3.63) is 54.2 Å². The zero-order chi connectivity index (χ0) is 14.9. The van der Waals surface area contributed by atoms with Gasteiger partial charge in [-0.05, 0) is 24.3 Å². The number of hydrogen-bond donors (Lipinski definition) is 0. The topological polar surface area (TPSA) is 51.6 Å². The summed E-state index contributed by atoms with van der Waals surface area (Å²) in [6.07, 6.45) is 1.59. The third-order valence-corrected chi connectivity index (χ3v) is 3.56. The van der Waals surface area contributed by atoms with Gasteiger partial charge in [0.15, 0.2) is 5.76 Å². The van der Waals surface area contributed by atoms with Crippen LogP contribution in [0.25, 0.3) is 11.5 Å². The van der Waals surface area contributed by atoms with Crippen molar-refractivity contribution in [1.29, 1.82) is 0 Å². The van der Waals surface area contributed by atoms with E-state index >= 15 is 0 Å². The van der Waals surface area contributed by atoms with E-state index in [2.05, 4.69) is 10.1 Å². The molecule has 3 heterocycles. The average molecular weight is 300 g/mol. The Bertz CT molecular complexity index is 783. The van der Waals surface area contributed by atoms with Gasteiger partial charge in [0, 0.05) is 12.1 Å². The Labute approximate surface area is 125 Å². The number of nitrogens with zero attached hydrogens (tertiary/aromatic N) is 2. The van der Waals surface area contributed by atoms with Gasteiger partial charge < -0.3 is 18.6 Å². The molecular formula is C16H13FN2O3. The van der Waals surface area contributed by atoms with E-state index in [4.69, 9.17) is 13.7 Å². The molecule has 0 saturated carbocycles. The highest BCUT2D eigenvalue weighted by Gasteiger charge is 2.20. The van der Waals surface area contributed by atoms with E-state index in [1.54, 1.807) is 18.4 Å². The minimum Gasteiger partial charge on any atom is -0.489 e. The summed E-state index contributed by atoms with van der Waals surface area (Å²) in [5.74, 6) is 1.49. The highest BCUT2D eigenvalue weighted by molar-refractivity contribution is 5.60. The number of anilines is 1. The fourth-order valence-corrected chi connectivity index (χ4v) is 2.53. The summed E-state index contributed by atoms with van der Waals surface area (Å²) < 4.78 is 29.3. The molecule has 0 atom stereocenters. The van der Waals surface area contributed by atoms with Crippen LogP contribution in [0.1, 0.15) is 5.69 Å². The Morgan fingerprint density at radius 1 is 1.18 bits per heavy atom. The van der Waals surface area contributed by atoms with Gasteiger partial charge >= 0.3 is 0 Å². The zero-order valence-electron chi connectivity index (χ0n) is 11.7. The number of rotatable bonds is 3. The highest BCUT2D eigenvalue weighted by atomic mass is 19.1. The number of ether oxygens (including phenoxy) is 1. The van der Waals surface area contributed by atoms with Crippen LogP contribution in [0.4, 0.5) is 10.1 Å². The van der Waals surface area contributed by atoms with Gasteiger partial charge in [0.25, 0.3) is 0 Å². The molecule has 1 aromatic carbocycles. The first kappa shape index (κ1) is 12.9. The summed E-state index contributed by atoms with van der Waals surface area (Å²) in [7, 11) is 0. The Hall–Kier alpha value is -2.76. The minimum atomic E-state index is -0.304. The predicted octanol–water partition coefficient (Wildman–Crippen LogP) is 3.47. The molecule has 0 spiro atoms. The molecule has 6 heteroatoms. The van der Waals surface area contributed by atoms with Gasteiger partial charge in [0.1, 0.15) is 23.9 Å². The average Bonchev–Trinajstić information content (AvgIpc) is 3.18. The third kappa shape index (κ3) is 2.32. The van der Waals surface area contributed by atoms with Crippen LogP contribution in [0.15, 0.2) is 51.6 Å². The van der Waals surface area contributed by atoms with Crippen LogP contribution in [0, 0.1) is 5.82 Å². The molecule has 0 bridgehead atoms. The van der Waals surface area contributed by atoms with Gasteiger partial charge in [-0.2, -0.15) is 0 Å². The maximum absolute atomic E-state index is 13.3. The normalized spacial score (nSPS) is 13.8. The summed E-state index contributed by atoms with van der Waals surface area (Å²) in [4.78, 5) is 2.09. The van der Waals surface area contributed by atoms with Crippen LogP contribution in [0.5, 0.6) is 5.75 Å². The summed E-state index contributed by atoms with van der Waals surface area (Å²) in [6.45, 7) is 1.78. The first-order valence-electron chi connectivity index (χ1n) is 6.96. The second kappa shape index (κ2) is 5.22. The van der Waals surface area contributed by atoms with Crippen LogP contribution >= 0.6 is 0 Å². The largest absolute Gasteiger partial charge is 0.489 e. The Morgan fingerprint density at radius 3 is 3.00 bits per heavy atom. The number of fused-ring (bicyclic) bond motifs is 1. The number of halogens is 1. The van der Waals surface area contributed by atoms with Gasteiger partial charge in [-0.1, -0.05) is 5.16 Å². The van der Waals surface area contributed by atoms with E-state index in [9.17, 15) is 4.39 Å². The molecule has 1 aliphatic heterocycles. The van der Waals surface area contributed by atoms with Crippen LogP contribution < -0.4 is 9.64 Å². The molecule has 0 radical (unpaired) electrons. The Balaban J connectivity index is 1.58. The number of benzene rings is 1. The SMILES string of the molecule is Fc1ccc2c(c1)OCCN2Cc1cc(-c2ccco2)on1. The van der Waals surface area contributed by atoms with E-state index in [0.29, 0.717) is 37.0 Å². The molecule has 3 aromatic rings. The van der Waals surface area contributed by atoms with Crippen molar-refractivity contribution in [2.24, 2.45) is 0 Å². The second-order valence-corrected chi connectivity index (χ2v) is 5.04. The van der Waals surface area contributed by atoms with Crippen molar-refractivity contribution in [1.82, 2.24) is 5.16 Å². The van der Waals surface area contributed by atoms with E-state index in [0.717, 1.165) is 11.4 Å². The fraction of sp³-hybridized carbons (Fsp3) is 0.188. The number of furan rings is 1. The molecule has 4 rings (SSSR count). The van der Waals surface area contributed by atoms with Crippen molar-refractivity contribution < 1.29 is 18.1 Å². The van der Waals surface area contributed by atoms with E-state index in [1.807, 2.05) is 12.1 Å². The maximum atomic E-state index is 13.3. The lowest BCUT2D eigenvalue weighted by atomic mass is 10.2. The maximum Gasteiger partial charge on any atom is 0.202 e. The first-order valence-corrected chi connectivity index (χ1v) is 6.96. The lowest BCUT2D eigenvalue weighted by Gasteiger charge is -2.30. The molecule has 0 aliphatic carbocycles. The van der Waals surface area contributed by atoms with Crippen molar-refractivity contribution in [2.45, 2.75) is 6.54 Å². The molecule has 0 amide bonds. The number of hydrogen-bond acceptors (Lipinski definition) is 5. The monoisotopic (exact) mass is 300 g/mol. The van der Waals surface area contributed by atoms with E-state index in [1.165, 1.54) is 12.1 Å². The smallest absolute Gasteiger partial charge is 0.202 e. The molecule has 0 N–H and O–H groups in total. The first-order chi connectivity index (χ1) is 10.8. The van der Waals surface area contributed by atoms with Crippen molar-refractivity contribution in [3.63, 3.8) is 0 Å². The lowest BCUT2D eigenvalue weighted by Crippen LogP contribution is -2.32. The van der Waals surface area contributed by atoms with Crippen molar-refractivity contribution in [3.8, 4) is 17.3 Å². The van der Waals surface area contributed by atoms with E-state index < -0.39 is 0 Å². The molecule has 5 nitrogen and oxygen atoms in total. The van der Waals surface area contributed by atoms with Crippen molar-refractivity contribution >= 4 is 5.69 Å². The highest BCUT2D eigenvalue weighted by Crippen LogP contribution is 2.33. The lowest BCUT2D eigenvalue weighted by molar-refractivity contribution is 0.304. The summed E-state index contributed by atoms with van der Waals surface area (Å²) in [5, 5.41) is 4.07. The third-order valence-electron chi connectivity index (χ3n) is 3.56. The standard InChI is InChI=1S/C16H13FN2O3/c17-11-3-4-13-15(8-11)21-7-5-19(13)10-12-9-16(22-18-12)14-2-1-6-20-14/h1-4,6,8-9H,5,7,10H2. The van der Waals surface area contributed by atoms with Crippen LogP contribution in [0.2, 0.25) is 0 Å². The molecule has 22 heavy (non-hydrogen) atoms. The molecule has 112 valence electrons. The fourth-order valence-electron chi connectivity index (χ4n) is 2.53. The van der Waals surface area contributed by atoms with Gasteiger partial charge in [0.2, 0.25) is 5.76 Å². The van der Waals surface area contributed by atoms with Gasteiger partial charge in [-0.15, -0.1) is 0 Å².